The van der Waals surface area contributed by atoms with E-state index in [9.17, 15) is 19.0 Å². The fourth-order valence-electron chi connectivity index (χ4n) is 1.36. The number of hydrogen-bond acceptors (Lipinski definition) is 3. The Labute approximate surface area is 100 Å². The Hall–Kier alpha value is -0.560. The molecular formula is C10H12BrF2NO2. The second kappa shape index (κ2) is 5.67. The molecule has 2 unspecified atom stereocenters. The summed E-state index contributed by atoms with van der Waals surface area (Å²) in [5.74, 6) is -1.81. The second-order valence-electron chi connectivity index (χ2n) is 3.37. The highest BCUT2D eigenvalue weighted by Crippen LogP contribution is 2.27. The van der Waals surface area contributed by atoms with Crippen LogP contribution in [0.3, 0.4) is 0 Å². The van der Waals surface area contributed by atoms with Crippen LogP contribution in [0.2, 0.25) is 0 Å². The maximum absolute atomic E-state index is 13.4. The quantitative estimate of drug-likeness (QED) is 0.788. The van der Waals surface area contributed by atoms with E-state index < -0.39 is 29.4 Å². The van der Waals surface area contributed by atoms with Crippen molar-refractivity contribution in [1.29, 1.82) is 0 Å². The van der Waals surface area contributed by atoms with Crippen molar-refractivity contribution in [2.75, 3.05) is 6.54 Å². The SMILES string of the molecule is NCCC(O)C(O)c1c(F)cc(Br)cc1F. The molecule has 1 rings (SSSR count). The van der Waals surface area contributed by atoms with Gasteiger partial charge in [0, 0.05) is 4.47 Å². The van der Waals surface area contributed by atoms with Gasteiger partial charge in [-0.1, -0.05) is 15.9 Å². The van der Waals surface area contributed by atoms with Crippen LogP contribution < -0.4 is 5.73 Å². The molecule has 0 aliphatic carbocycles. The lowest BCUT2D eigenvalue weighted by molar-refractivity contribution is 0.0108. The molecule has 0 spiro atoms. The predicted molar refractivity (Wildman–Crippen MR) is 58.7 cm³/mol. The smallest absolute Gasteiger partial charge is 0.133 e. The summed E-state index contributed by atoms with van der Waals surface area (Å²) in [5.41, 5.74) is 4.64. The number of benzene rings is 1. The summed E-state index contributed by atoms with van der Waals surface area (Å²) in [6.45, 7) is 0.123. The van der Waals surface area contributed by atoms with Gasteiger partial charge in [-0.15, -0.1) is 0 Å². The van der Waals surface area contributed by atoms with Crippen molar-refractivity contribution in [3.8, 4) is 0 Å². The molecule has 0 amide bonds. The van der Waals surface area contributed by atoms with E-state index in [2.05, 4.69) is 15.9 Å². The molecule has 0 bridgehead atoms. The molecule has 1 aromatic rings. The van der Waals surface area contributed by atoms with Crippen molar-refractivity contribution in [3.63, 3.8) is 0 Å². The minimum Gasteiger partial charge on any atom is -0.390 e. The summed E-state index contributed by atoms with van der Waals surface area (Å²) >= 11 is 2.92. The number of aliphatic hydroxyl groups excluding tert-OH is 2. The first-order valence-corrected chi connectivity index (χ1v) is 5.47. The first-order valence-electron chi connectivity index (χ1n) is 4.68. The summed E-state index contributed by atoms with van der Waals surface area (Å²) in [6.07, 6.45) is -2.83. The fraction of sp³-hybridized carbons (Fsp3) is 0.400. The molecule has 0 saturated carbocycles. The number of aliphatic hydroxyl groups is 2. The van der Waals surface area contributed by atoms with Gasteiger partial charge in [0.2, 0.25) is 0 Å². The van der Waals surface area contributed by atoms with Gasteiger partial charge in [0.15, 0.2) is 0 Å². The number of rotatable bonds is 4. The van der Waals surface area contributed by atoms with E-state index in [1.54, 1.807) is 0 Å². The molecule has 3 nitrogen and oxygen atoms in total. The Balaban J connectivity index is 3.03. The molecule has 0 aliphatic rings. The van der Waals surface area contributed by atoms with Crippen LogP contribution in [0.5, 0.6) is 0 Å². The lowest BCUT2D eigenvalue weighted by Gasteiger charge is -2.18. The Morgan fingerprint density at radius 1 is 1.25 bits per heavy atom. The third-order valence-electron chi connectivity index (χ3n) is 2.17. The molecule has 0 aromatic heterocycles. The van der Waals surface area contributed by atoms with E-state index in [0.29, 0.717) is 0 Å². The molecule has 2 atom stereocenters. The summed E-state index contributed by atoms with van der Waals surface area (Å²) in [6, 6.07) is 2.05. The number of halogens is 3. The normalized spacial score (nSPS) is 14.9. The molecule has 0 heterocycles. The van der Waals surface area contributed by atoms with Gasteiger partial charge in [0.25, 0.3) is 0 Å². The summed E-state index contributed by atoms with van der Waals surface area (Å²) in [4.78, 5) is 0. The molecule has 1 aromatic carbocycles. The van der Waals surface area contributed by atoms with Gasteiger partial charge < -0.3 is 15.9 Å². The molecule has 0 fully saturated rings. The summed E-state index contributed by atoms with van der Waals surface area (Å²) < 4.78 is 27.0. The topological polar surface area (TPSA) is 66.5 Å². The van der Waals surface area contributed by atoms with E-state index in [1.807, 2.05) is 0 Å². The highest BCUT2D eigenvalue weighted by atomic mass is 79.9. The fourth-order valence-corrected chi connectivity index (χ4v) is 1.76. The van der Waals surface area contributed by atoms with E-state index in [1.165, 1.54) is 0 Å². The Morgan fingerprint density at radius 2 is 1.75 bits per heavy atom. The molecule has 0 aliphatic heterocycles. The number of hydrogen-bond donors (Lipinski definition) is 3. The zero-order valence-electron chi connectivity index (χ0n) is 8.33. The maximum atomic E-state index is 13.4. The van der Waals surface area contributed by atoms with Gasteiger partial charge in [0.1, 0.15) is 17.7 Å². The van der Waals surface area contributed by atoms with Crippen molar-refractivity contribution < 1.29 is 19.0 Å². The third-order valence-corrected chi connectivity index (χ3v) is 2.62. The minimum absolute atomic E-state index is 0.0656. The van der Waals surface area contributed by atoms with E-state index in [0.717, 1.165) is 12.1 Å². The van der Waals surface area contributed by atoms with Crippen molar-refractivity contribution in [1.82, 2.24) is 0 Å². The summed E-state index contributed by atoms with van der Waals surface area (Å²) in [5, 5.41) is 19.0. The lowest BCUT2D eigenvalue weighted by Crippen LogP contribution is -2.23. The van der Waals surface area contributed by atoms with Crippen molar-refractivity contribution in [3.05, 3.63) is 33.8 Å². The first-order chi connectivity index (χ1) is 7.47. The molecule has 4 N–H and O–H groups in total. The monoisotopic (exact) mass is 295 g/mol. The average molecular weight is 296 g/mol. The van der Waals surface area contributed by atoms with Crippen LogP contribution in [-0.2, 0) is 0 Å². The van der Waals surface area contributed by atoms with Gasteiger partial charge in [-0.3, -0.25) is 0 Å². The van der Waals surface area contributed by atoms with Gasteiger partial charge in [-0.25, -0.2) is 8.78 Å². The Morgan fingerprint density at radius 3 is 2.19 bits per heavy atom. The van der Waals surface area contributed by atoms with Crippen LogP contribution in [0.1, 0.15) is 18.1 Å². The van der Waals surface area contributed by atoms with E-state index >= 15 is 0 Å². The molecule has 16 heavy (non-hydrogen) atoms. The highest BCUT2D eigenvalue weighted by Gasteiger charge is 2.24. The zero-order valence-corrected chi connectivity index (χ0v) is 9.92. The molecular weight excluding hydrogens is 284 g/mol. The highest BCUT2D eigenvalue weighted by molar-refractivity contribution is 9.10. The molecule has 90 valence electrons. The van der Waals surface area contributed by atoms with Crippen LogP contribution in [0, 0.1) is 11.6 Å². The predicted octanol–water partition coefficient (Wildman–Crippen LogP) is 1.47. The van der Waals surface area contributed by atoms with Crippen molar-refractivity contribution in [2.24, 2.45) is 5.73 Å². The number of nitrogens with two attached hydrogens (primary N) is 1. The largest absolute Gasteiger partial charge is 0.390 e. The van der Waals surface area contributed by atoms with Gasteiger partial charge in [0.05, 0.1) is 11.7 Å². The van der Waals surface area contributed by atoms with Crippen LogP contribution >= 0.6 is 15.9 Å². The molecule has 0 saturated heterocycles. The van der Waals surface area contributed by atoms with E-state index in [-0.39, 0.29) is 17.4 Å². The van der Waals surface area contributed by atoms with Crippen LogP contribution in [-0.4, -0.2) is 22.9 Å². The maximum Gasteiger partial charge on any atom is 0.133 e. The molecule has 0 radical (unpaired) electrons. The van der Waals surface area contributed by atoms with Crippen molar-refractivity contribution in [2.45, 2.75) is 18.6 Å². The summed E-state index contributed by atoms with van der Waals surface area (Å²) in [7, 11) is 0. The third kappa shape index (κ3) is 2.98. The minimum atomic E-state index is -1.61. The van der Waals surface area contributed by atoms with Gasteiger partial charge >= 0.3 is 0 Å². The van der Waals surface area contributed by atoms with Crippen LogP contribution in [0.4, 0.5) is 8.78 Å². The van der Waals surface area contributed by atoms with E-state index in [4.69, 9.17) is 5.73 Å². The first kappa shape index (κ1) is 13.5. The average Bonchev–Trinajstić information content (AvgIpc) is 2.16. The van der Waals surface area contributed by atoms with Crippen molar-refractivity contribution >= 4 is 15.9 Å². The lowest BCUT2D eigenvalue weighted by atomic mass is 10.0. The zero-order chi connectivity index (χ0) is 12.3. The van der Waals surface area contributed by atoms with Crippen LogP contribution in [0.15, 0.2) is 16.6 Å². The Bertz CT molecular complexity index is 353. The molecule has 6 heteroatoms. The van der Waals surface area contributed by atoms with Gasteiger partial charge in [-0.2, -0.15) is 0 Å². The second-order valence-corrected chi connectivity index (χ2v) is 4.29. The van der Waals surface area contributed by atoms with Gasteiger partial charge in [-0.05, 0) is 25.1 Å². The van der Waals surface area contributed by atoms with Crippen LogP contribution in [0.25, 0.3) is 0 Å². The standard InChI is InChI=1S/C10H12BrF2NO2/c11-5-3-6(12)9(7(13)4-5)10(16)8(15)1-2-14/h3-4,8,10,15-16H,1-2,14H2. The Kier molecular flexibility index (Phi) is 4.79.